The number of rotatable bonds is 28. The number of nitrogens with one attached hydrogen (secondary N) is 4. The quantitative estimate of drug-likeness (QED) is 0.0207. The fourth-order valence-corrected chi connectivity index (χ4v) is 19.1. The van der Waals surface area contributed by atoms with Gasteiger partial charge in [0, 0.05) is 92.9 Å². The number of ether oxygens (including phenoxy) is 11. The van der Waals surface area contributed by atoms with Crippen molar-refractivity contribution in [3.8, 4) is 28.7 Å². The van der Waals surface area contributed by atoms with Crippen LogP contribution in [0.25, 0.3) is 0 Å². The molecule has 0 bridgehead atoms. The Balaban J connectivity index is 0.000000161. The first-order valence-electron chi connectivity index (χ1n) is 40.2. The van der Waals surface area contributed by atoms with Crippen molar-refractivity contribution in [2.45, 2.75) is 156 Å². The maximum atomic E-state index is 13.6. The molecule has 131 heavy (non-hydrogen) atoms. The smallest absolute Gasteiger partial charge is 0.351 e. The van der Waals surface area contributed by atoms with Gasteiger partial charge in [0.05, 0.1) is 55.7 Å². The molecule has 6 aliphatic rings. The zero-order valence-electron chi connectivity index (χ0n) is 70.1. The van der Waals surface area contributed by atoms with E-state index in [-0.39, 0.29) is 67.9 Å². The summed E-state index contributed by atoms with van der Waals surface area (Å²) in [6, 6.07) is 34.5. The fourth-order valence-electron chi connectivity index (χ4n) is 14.4. The van der Waals surface area contributed by atoms with E-state index < -0.39 is 198 Å². The van der Waals surface area contributed by atoms with Gasteiger partial charge in [-0.3, -0.25) is 65.9 Å². The van der Waals surface area contributed by atoms with E-state index in [1.165, 1.54) is 108 Å². The second kappa shape index (κ2) is 44.4. The summed E-state index contributed by atoms with van der Waals surface area (Å²) < 4.78 is 121. The van der Waals surface area contributed by atoms with Crippen molar-refractivity contribution in [1.82, 2.24) is 38.2 Å². The largest absolute Gasteiger partial charge is 0.497 e. The number of aliphatic hydroxyl groups excluding tert-OH is 4. The predicted octanol–water partition coefficient (Wildman–Crippen LogP) is 5.70. The van der Waals surface area contributed by atoms with Gasteiger partial charge in [0.2, 0.25) is 5.34 Å². The van der Waals surface area contributed by atoms with Crippen LogP contribution in [0.3, 0.4) is 0 Å². The molecule has 19 atom stereocenters. The van der Waals surface area contributed by atoms with Crippen LogP contribution in [0, 0.1) is 13.8 Å². The number of nitrogens with zero attached hydrogens (tertiary/aromatic N) is 6. The molecule has 15 rings (SSSR count). The second-order valence-electron chi connectivity index (χ2n) is 30.0. The average Bonchev–Trinajstić information content (AvgIpc) is 1.57. The number of aryl methyl sites for hydroxylation is 2. The molecule has 6 saturated heterocycles. The number of aromatic nitrogens is 8. The summed E-state index contributed by atoms with van der Waals surface area (Å²) in [6.45, 7) is 2.63. The normalized spacial score (nSPS) is 26.0. The van der Waals surface area contributed by atoms with Crippen molar-refractivity contribution in [1.29, 1.82) is 0 Å². The van der Waals surface area contributed by atoms with Gasteiger partial charge < -0.3 is 112 Å². The van der Waals surface area contributed by atoms with E-state index in [2.05, 4.69) is 30.6 Å². The molecule has 6 fully saturated rings. The summed E-state index contributed by atoms with van der Waals surface area (Å²) in [5, 5.41) is 71.9. The van der Waals surface area contributed by atoms with Crippen LogP contribution >= 0.6 is 58.9 Å². The lowest BCUT2D eigenvalue weighted by molar-refractivity contribution is -0.191. The van der Waals surface area contributed by atoms with E-state index in [0.717, 1.165) is 24.7 Å². The Morgan fingerprint density at radius 3 is 1.29 bits per heavy atom. The fraction of sp³-hybridized carbons (Fsp3) is 0.402. The van der Waals surface area contributed by atoms with Gasteiger partial charge in [0.25, 0.3) is 47.0 Å². The first kappa shape index (κ1) is 99.6. The number of esters is 1. The molecule has 2 amide bonds. The topological polar surface area (TPSA) is 577 Å². The van der Waals surface area contributed by atoms with Crippen LogP contribution in [-0.4, -0.2) is 217 Å². The standard InChI is InChI=1S/C27H29ClN3O10P.C23H27N3O9.2C16H18ClN2O7P/c1-37-17-10-8-16(9-11-17)24(33)29-21-12-13-31(26(34)30-21)25-23(40-22-7-4-14-38-22)27(35,20(15-32)39-25)42(36)41-19-6-3-2-5-18(19)28;1-13(28)33-19-16(12-27)34-22(20(19)35-18-4-3-11-32-18)26-10-9-17(25-23(26)30)24-21(29)14-5-7-15(31-2)8-6-14;2*1-9-7-19(15(22)18-14(9)21)13-6-16(23,12(8-20)25-13)27(24)26-11-5-3-2-4-10(11)17/h2-3,5-6,8-13,20,22-23,25,32,35,42H,4,7,14-15H2,1H3,(H,29,30,33,34);5-10,16,18-20,22,27H,3-4,11-12H2,1-2H3,(H,24,25,29,30);2*2-5,7,12-13,20,23,27H,6,8H2,1H3,(H,18,21,22)/t20-,22?,23+,25-,27+;16-,18?,19-,20-,22-;2*12-,13-,16-/m1111/s1. The SMILES string of the molecule is COc1ccc(C(=O)Nc2ccn([C@@H]3O[C@H](CO)[C@@H](OC(C)=O)[C@H]3OC3CCCO3)c(=O)n2)cc1.COc1ccc(C(=O)Nc2ccn([C@@H]3O[C@H](CO)[C@](O)([PH](=O)Oc4ccccc4Cl)[C@H]3OC3CCCO3)c(=O)n2)cc1.Cc1cn([C@H]2C[C@@](O)([PH](=O)Oc3ccccc3Cl)[C@@H](CO)O2)c(=O)[nH]c1=O.Cc1cn([C@H]2C[C@@](O)([PH](=O)Oc3ccccc3Cl)[C@@H](CO)O2)c(=O)[nH]c1=O. The first-order chi connectivity index (χ1) is 62.6. The average molecular weight is 1940 g/mol. The number of aliphatic hydroxyl groups is 7. The van der Waals surface area contributed by atoms with Crippen molar-refractivity contribution in [3.63, 3.8) is 0 Å². The van der Waals surface area contributed by atoms with Crippen LogP contribution in [0.5, 0.6) is 28.7 Å². The van der Waals surface area contributed by atoms with E-state index in [1.807, 2.05) is 0 Å². The van der Waals surface area contributed by atoms with Crippen LogP contribution in [-0.2, 0) is 61.1 Å². The highest BCUT2D eigenvalue weighted by Crippen LogP contribution is 2.57. The van der Waals surface area contributed by atoms with Crippen LogP contribution in [0.1, 0.15) is 102 Å². The van der Waals surface area contributed by atoms with E-state index in [9.17, 15) is 92.6 Å². The Hall–Kier alpha value is -10.4. The lowest BCUT2D eigenvalue weighted by Crippen LogP contribution is -2.49. The number of anilines is 2. The van der Waals surface area contributed by atoms with Gasteiger partial charge >= 0.3 is 28.7 Å². The predicted molar refractivity (Wildman–Crippen MR) is 466 cm³/mol. The third kappa shape index (κ3) is 23.3. The minimum absolute atomic E-state index is 0.0388. The number of hydrogen-bond donors (Lipinski definition) is 11. The molecular formula is C82H92Cl3N10O33P3. The number of halogens is 3. The van der Waals surface area contributed by atoms with Gasteiger partial charge in [-0.05, 0) is 124 Å². The molecule has 0 aliphatic carbocycles. The molecule has 10 heterocycles. The number of benzene rings is 5. The molecule has 0 saturated carbocycles. The highest BCUT2D eigenvalue weighted by Gasteiger charge is 2.64. The van der Waals surface area contributed by atoms with E-state index in [0.29, 0.717) is 55.1 Å². The molecule has 6 aliphatic heterocycles. The molecule has 5 unspecified atom stereocenters. The lowest BCUT2D eigenvalue weighted by atomic mass is 10.1. The third-order valence-electron chi connectivity index (χ3n) is 21.3. The molecule has 9 aromatic rings. The van der Waals surface area contributed by atoms with Crippen LogP contribution in [0.4, 0.5) is 11.6 Å². The van der Waals surface area contributed by atoms with E-state index in [1.54, 1.807) is 84.9 Å². The second-order valence-corrected chi connectivity index (χ2v) is 36.0. The van der Waals surface area contributed by atoms with Crippen LogP contribution < -0.4 is 67.6 Å². The van der Waals surface area contributed by atoms with E-state index in [4.69, 9.17) is 100 Å². The number of hydrogen-bond acceptors (Lipinski definition) is 35. The number of para-hydroxylation sites is 3. The molecule has 0 spiro atoms. The molecule has 11 N–H and O–H groups in total. The lowest BCUT2D eigenvalue weighted by Gasteiger charge is -2.33. The summed E-state index contributed by atoms with van der Waals surface area (Å²) in [4.78, 5) is 122. The van der Waals surface area contributed by atoms with Crippen LogP contribution in [0.15, 0.2) is 187 Å². The van der Waals surface area contributed by atoms with Gasteiger partial charge in [0.1, 0.15) is 89.5 Å². The summed E-state index contributed by atoms with van der Waals surface area (Å²) in [5.41, 5.74) is -3.00. The summed E-state index contributed by atoms with van der Waals surface area (Å²) in [7, 11) is -6.96. The Labute approximate surface area is 759 Å². The Morgan fingerprint density at radius 1 is 0.511 bits per heavy atom. The zero-order chi connectivity index (χ0) is 94.3. The van der Waals surface area contributed by atoms with Gasteiger partial charge in [-0.25, -0.2) is 19.2 Å². The summed E-state index contributed by atoms with van der Waals surface area (Å²) >= 11 is 18.1. The van der Waals surface area contributed by atoms with Crippen molar-refractivity contribution < 1.29 is 130 Å². The molecule has 0 radical (unpaired) electrons. The highest BCUT2D eigenvalue weighted by atomic mass is 35.5. The minimum atomic E-state index is -3.55. The zero-order valence-corrected chi connectivity index (χ0v) is 75.3. The number of carbonyl (C=O) groups is 3. The van der Waals surface area contributed by atoms with Gasteiger partial charge in [0.15, 0.2) is 41.8 Å². The first-order valence-corrected chi connectivity index (χ1v) is 45.3. The number of methoxy groups -OCH3 is 2. The third-order valence-corrected chi connectivity index (χ3v) is 27.2. The van der Waals surface area contributed by atoms with Crippen LogP contribution in [0.2, 0.25) is 15.1 Å². The Kier molecular flexibility index (Phi) is 33.8. The molecule has 5 aromatic carbocycles. The van der Waals surface area contributed by atoms with Gasteiger partial charge in [-0.1, -0.05) is 71.2 Å². The maximum Gasteiger partial charge on any atom is 0.351 e. The number of H-pyrrole nitrogens is 2. The van der Waals surface area contributed by atoms with Crippen molar-refractivity contribution in [3.05, 3.63) is 258 Å². The molecule has 49 heteroatoms. The Bertz CT molecular complexity index is 5850. The monoisotopic (exact) mass is 1940 g/mol. The molecule has 4 aromatic heterocycles. The number of carbonyl (C=O) groups excluding carboxylic acids is 3. The van der Waals surface area contributed by atoms with Crippen molar-refractivity contribution in [2.24, 2.45) is 0 Å². The summed E-state index contributed by atoms with van der Waals surface area (Å²) in [6.07, 6.45) is -6.96. The minimum Gasteiger partial charge on any atom is -0.497 e. The maximum absolute atomic E-state index is 13.6. The van der Waals surface area contributed by atoms with Gasteiger partial charge in [-0.2, -0.15) is 9.97 Å². The highest BCUT2D eigenvalue weighted by molar-refractivity contribution is 7.42. The van der Waals surface area contributed by atoms with E-state index >= 15 is 0 Å². The van der Waals surface area contributed by atoms with Crippen molar-refractivity contribution in [2.75, 3.05) is 64.5 Å². The molecular weight excluding hydrogens is 1850 g/mol. The number of amides is 2. The Morgan fingerprint density at radius 2 is 0.916 bits per heavy atom. The molecule has 43 nitrogen and oxygen atoms in total. The number of aromatic amines is 2. The van der Waals surface area contributed by atoms with Gasteiger partial charge in [-0.15, -0.1) is 0 Å². The van der Waals surface area contributed by atoms with Crippen molar-refractivity contribution >= 4 is 88.3 Å². The molecule has 704 valence electrons. The summed E-state index contributed by atoms with van der Waals surface area (Å²) in [5.74, 6) is -0.0933.